The van der Waals surface area contributed by atoms with E-state index in [1.54, 1.807) is 25.1 Å². The zero-order valence-corrected chi connectivity index (χ0v) is 12.0. The third kappa shape index (κ3) is 2.59. The second kappa shape index (κ2) is 5.37. The Hall–Kier alpha value is -2.07. The zero-order chi connectivity index (χ0) is 15.0. The van der Waals surface area contributed by atoms with Crippen molar-refractivity contribution in [1.82, 2.24) is 0 Å². The summed E-state index contributed by atoms with van der Waals surface area (Å²) in [6.45, 7) is 1.68. The predicted molar refractivity (Wildman–Crippen MR) is 76.8 cm³/mol. The van der Waals surface area contributed by atoms with Crippen LogP contribution in [0.3, 0.4) is 0 Å². The summed E-state index contributed by atoms with van der Waals surface area (Å²) >= 11 is 5.96. The first kappa shape index (κ1) is 13.9. The molecule has 1 aliphatic rings. The average molecular weight is 307 g/mol. The molecule has 0 N–H and O–H groups in total. The third-order valence-corrected chi connectivity index (χ3v) is 3.63. The third-order valence-electron chi connectivity index (χ3n) is 3.31. The van der Waals surface area contributed by atoms with Gasteiger partial charge in [0.25, 0.3) is 0 Å². The summed E-state index contributed by atoms with van der Waals surface area (Å²) in [5.74, 6) is 0.348. The van der Waals surface area contributed by atoms with Crippen LogP contribution in [-0.2, 0) is 0 Å². The van der Waals surface area contributed by atoms with Gasteiger partial charge in [-0.3, -0.25) is 4.79 Å². The zero-order valence-electron chi connectivity index (χ0n) is 11.2. The van der Waals surface area contributed by atoms with Gasteiger partial charge in [0.2, 0.25) is 5.78 Å². The van der Waals surface area contributed by atoms with E-state index in [2.05, 4.69) is 0 Å². The molecular weight excluding hydrogens is 295 g/mol. The van der Waals surface area contributed by atoms with Gasteiger partial charge in [0.15, 0.2) is 17.6 Å². The van der Waals surface area contributed by atoms with Crippen molar-refractivity contribution in [1.29, 1.82) is 0 Å². The second-order valence-electron chi connectivity index (χ2n) is 4.81. The van der Waals surface area contributed by atoms with E-state index in [1.807, 2.05) is 6.07 Å². The number of Topliss-reactive ketones (excluding diaryl/α,β-unsaturated/α-hetero) is 1. The van der Waals surface area contributed by atoms with E-state index in [9.17, 15) is 9.18 Å². The first-order chi connectivity index (χ1) is 10.1. The largest absolute Gasteiger partial charge is 0.485 e. The van der Waals surface area contributed by atoms with Gasteiger partial charge in [0.05, 0.1) is 5.02 Å². The number of ether oxygens (including phenoxy) is 2. The van der Waals surface area contributed by atoms with Crippen molar-refractivity contribution >= 4 is 17.4 Å². The molecule has 108 valence electrons. The number of rotatable bonds is 2. The first-order valence-electron chi connectivity index (χ1n) is 6.44. The lowest BCUT2D eigenvalue weighted by molar-refractivity contribution is 0.0586. The van der Waals surface area contributed by atoms with Gasteiger partial charge < -0.3 is 9.47 Å². The van der Waals surface area contributed by atoms with Crippen molar-refractivity contribution < 1.29 is 18.7 Å². The minimum atomic E-state index is -0.790. The Morgan fingerprint density at radius 2 is 2.00 bits per heavy atom. The molecule has 3 rings (SSSR count). The number of benzene rings is 2. The number of hydrogen-bond donors (Lipinski definition) is 0. The van der Waals surface area contributed by atoms with E-state index in [0.29, 0.717) is 17.1 Å². The van der Waals surface area contributed by atoms with Crippen molar-refractivity contribution in [2.45, 2.75) is 13.0 Å². The Balaban J connectivity index is 1.89. The molecule has 21 heavy (non-hydrogen) atoms. The van der Waals surface area contributed by atoms with Crippen LogP contribution in [-0.4, -0.2) is 18.5 Å². The molecule has 0 saturated heterocycles. The average Bonchev–Trinajstić information content (AvgIpc) is 2.50. The van der Waals surface area contributed by atoms with Gasteiger partial charge in [0, 0.05) is 5.56 Å². The summed E-state index contributed by atoms with van der Waals surface area (Å²) in [6.07, 6.45) is -0.790. The summed E-state index contributed by atoms with van der Waals surface area (Å²) in [5.41, 5.74) is 0.600. The van der Waals surface area contributed by atoms with Crippen molar-refractivity contribution in [3.8, 4) is 11.5 Å². The summed E-state index contributed by atoms with van der Waals surface area (Å²) in [4.78, 5) is 12.5. The molecule has 2 aromatic carbocycles. The van der Waals surface area contributed by atoms with Crippen LogP contribution < -0.4 is 9.47 Å². The fraction of sp³-hybridized carbons (Fsp3) is 0.188. The topological polar surface area (TPSA) is 35.5 Å². The molecule has 0 radical (unpaired) electrons. The lowest BCUT2D eigenvalue weighted by Gasteiger charge is -2.25. The van der Waals surface area contributed by atoms with Crippen LogP contribution in [0.1, 0.15) is 15.9 Å². The highest BCUT2D eigenvalue weighted by atomic mass is 35.5. The molecule has 0 aromatic heterocycles. The standard InChI is InChI=1S/C16H12ClFO3/c1-9-6-10(11(17)7-12(9)18)16(19)15-8-20-13-4-2-3-5-14(13)21-15/h2-7,15H,8H2,1H3. The highest BCUT2D eigenvalue weighted by Crippen LogP contribution is 2.32. The van der Waals surface area contributed by atoms with E-state index < -0.39 is 11.9 Å². The quantitative estimate of drug-likeness (QED) is 0.791. The molecule has 1 unspecified atom stereocenters. The van der Waals surface area contributed by atoms with Crippen LogP contribution in [0.15, 0.2) is 36.4 Å². The lowest BCUT2D eigenvalue weighted by atomic mass is 10.0. The molecule has 0 bridgehead atoms. The molecule has 0 amide bonds. The molecule has 0 aliphatic carbocycles. The molecule has 1 atom stereocenters. The van der Waals surface area contributed by atoms with E-state index in [-0.39, 0.29) is 23.0 Å². The molecule has 0 saturated carbocycles. The SMILES string of the molecule is Cc1cc(C(=O)C2COc3ccccc3O2)c(Cl)cc1F. The second-order valence-corrected chi connectivity index (χ2v) is 5.22. The molecule has 1 heterocycles. The monoisotopic (exact) mass is 306 g/mol. The van der Waals surface area contributed by atoms with Crippen molar-refractivity contribution in [2.75, 3.05) is 6.61 Å². The fourth-order valence-corrected chi connectivity index (χ4v) is 2.41. The van der Waals surface area contributed by atoms with Crippen LogP contribution in [0.2, 0.25) is 5.02 Å². The Bertz CT molecular complexity index is 715. The number of carbonyl (C=O) groups is 1. The first-order valence-corrected chi connectivity index (χ1v) is 6.82. The van der Waals surface area contributed by atoms with E-state index in [4.69, 9.17) is 21.1 Å². The van der Waals surface area contributed by atoms with Gasteiger partial charge in [0.1, 0.15) is 12.4 Å². The summed E-state index contributed by atoms with van der Waals surface area (Å²) in [6, 6.07) is 9.69. The molecule has 0 fully saturated rings. The smallest absolute Gasteiger partial charge is 0.208 e. The van der Waals surface area contributed by atoms with E-state index in [1.165, 1.54) is 6.07 Å². The maximum atomic E-state index is 13.4. The Kier molecular flexibility index (Phi) is 3.55. The van der Waals surface area contributed by atoms with Gasteiger partial charge in [-0.2, -0.15) is 0 Å². The van der Waals surface area contributed by atoms with Gasteiger partial charge in [-0.15, -0.1) is 0 Å². The molecule has 3 nitrogen and oxygen atoms in total. The van der Waals surface area contributed by atoms with Gasteiger partial charge in [-0.05, 0) is 36.8 Å². The minimum Gasteiger partial charge on any atom is -0.485 e. The molecular formula is C16H12ClFO3. The maximum Gasteiger partial charge on any atom is 0.208 e. The molecule has 1 aliphatic heterocycles. The normalized spacial score (nSPS) is 16.6. The van der Waals surface area contributed by atoms with Crippen LogP contribution in [0.5, 0.6) is 11.5 Å². The number of carbonyl (C=O) groups excluding carboxylic acids is 1. The Labute approximate surface area is 126 Å². The number of ketones is 1. The highest BCUT2D eigenvalue weighted by Gasteiger charge is 2.29. The van der Waals surface area contributed by atoms with Crippen molar-refractivity contribution in [2.24, 2.45) is 0 Å². The summed E-state index contributed by atoms with van der Waals surface area (Å²) in [5, 5.41) is 0.0746. The van der Waals surface area contributed by atoms with Gasteiger partial charge in [-0.1, -0.05) is 23.7 Å². The number of aryl methyl sites for hydroxylation is 1. The van der Waals surface area contributed by atoms with Crippen molar-refractivity contribution in [3.05, 3.63) is 58.4 Å². The molecule has 0 spiro atoms. The highest BCUT2D eigenvalue weighted by molar-refractivity contribution is 6.34. The fourth-order valence-electron chi connectivity index (χ4n) is 2.17. The molecule has 2 aromatic rings. The summed E-state index contributed by atoms with van der Waals surface area (Å²) < 4.78 is 24.6. The Morgan fingerprint density at radius 3 is 2.76 bits per heavy atom. The predicted octanol–water partition coefficient (Wildman–Crippen LogP) is 3.81. The van der Waals surface area contributed by atoms with E-state index in [0.717, 1.165) is 6.07 Å². The van der Waals surface area contributed by atoms with Crippen LogP contribution in [0.25, 0.3) is 0 Å². The molecule has 5 heteroatoms. The Morgan fingerprint density at radius 1 is 1.29 bits per heavy atom. The number of para-hydroxylation sites is 2. The number of hydrogen-bond acceptors (Lipinski definition) is 3. The van der Waals surface area contributed by atoms with Crippen molar-refractivity contribution in [3.63, 3.8) is 0 Å². The minimum absolute atomic E-state index is 0.0746. The summed E-state index contributed by atoms with van der Waals surface area (Å²) in [7, 11) is 0. The lowest BCUT2D eigenvalue weighted by Crippen LogP contribution is -2.36. The van der Waals surface area contributed by atoms with Crippen LogP contribution >= 0.6 is 11.6 Å². The van der Waals surface area contributed by atoms with Crippen LogP contribution in [0, 0.1) is 12.7 Å². The van der Waals surface area contributed by atoms with Gasteiger partial charge in [-0.25, -0.2) is 4.39 Å². The number of fused-ring (bicyclic) bond motifs is 1. The maximum absolute atomic E-state index is 13.4. The van der Waals surface area contributed by atoms with Crippen LogP contribution in [0.4, 0.5) is 4.39 Å². The van der Waals surface area contributed by atoms with Gasteiger partial charge >= 0.3 is 0 Å². The van der Waals surface area contributed by atoms with E-state index >= 15 is 0 Å². The number of halogens is 2.